The summed E-state index contributed by atoms with van der Waals surface area (Å²) in [4.78, 5) is 15.8. The van der Waals surface area contributed by atoms with Gasteiger partial charge in [0.25, 0.3) is 5.91 Å². The number of hydrogen-bond donors (Lipinski definition) is 1. The van der Waals surface area contributed by atoms with Crippen molar-refractivity contribution < 1.29 is 13.9 Å². The van der Waals surface area contributed by atoms with E-state index in [0.29, 0.717) is 11.4 Å². The molecule has 2 aromatic carbocycles. The first-order valence-corrected chi connectivity index (χ1v) is 10.7. The third-order valence-electron chi connectivity index (χ3n) is 5.28. The normalized spacial score (nSPS) is 17.6. The molecule has 1 aliphatic heterocycles. The van der Waals surface area contributed by atoms with Crippen molar-refractivity contribution in [3.05, 3.63) is 69.8 Å². The molecule has 0 saturated carbocycles. The average Bonchev–Trinajstić information content (AvgIpc) is 3.03. The van der Waals surface area contributed by atoms with E-state index >= 15 is 0 Å². The van der Waals surface area contributed by atoms with E-state index in [2.05, 4.69) is 29.3 Å². The number of hydrogen-bond acceptors (Lipinski definition) is 4. The van der Waals surface area contributed by atoms with Crippen molar-refractivity contribution >= 4 is 27.3 Å². The highest BCUT2D eigenvalue weighted by Crippen LogP contribution is 2.31. The lowest BCUT2D eigenvalue weighted by molar-refractivity contribution is -0.0212. The molecule has 2 heterocycles. The minimum absolute atomic E-state index is 0.114. The molecule has 3 aromatic rings. The van der Waals surface area contributed by atoms with Gasteiger partial charge in [-0.3, -0.25) is 9.69 Å². The van der Waals surface area contributed by atoms with Crippen molar-refractivity contribution in [1.29, 1.82) is 0 Å². The average molecular weight is 413 g/mol. The van der Waals surface area contributed by atoms with E-state index in [1.807, 2.05) is 19.1 Å². The number of fused-ring (bicyclic) bond motifs is 1. The summed E-state index contributed by atoms with van der Waals surface area (Å²) in [7, 11) is 0. The van der Waals surface area contributed by atoms with E-state index in [1.54, 1.807) is 6.07 Å². The van der Waals surface area contributed by atoms with Gasteiger partial charge in [-0.1, -0.05) is 24.3 Å². The molecular weight excluding hydrogens is 387 g/mol. The summed E-state index contributed by atoms with van der Waals surface area (Å²) in [6.07, 6.45) is 0.268. The standard InChI is InChI=1S/C23H25FN2O2S/c1-15-13-26(8-9-28-15)14-18-5-3-4-17(10-18)12-25-23(27)22-16(2)20-11-19(24)6-7-21(20)29-22/h3-7,10-11,15H,8-9,12-14H2,1-2H3,(H,25,27). The number of halogens is 1. The number of amides is 1. The monoisotopic (exact) mass is 412 g/mol. The first-order chi connectivity index (χ1) is 14.0. The molecule has 29 heavy (non-hydrogen) atoms. The highest BCUT2D eigenvalue weighted by molar-refractivity contribution is 7.21. The van der Waals surface area contributed by atoms with Gasteiger partial charge in [-0.15, -0.1) is 11.3 Å². The molecule has 1 amide bonds. The van der Waals surface area contributed by atoms with Gasteiger partial charge in [0.2, 0.25) is 0 Å². The summed E-state index contributed by atoms with van der Waals surface area (Å²) >= 11 is 1.41. The van der Waals surface area contributed by atoms with Crippen molar-refractivity contribution in [2.24, 2.45) is 0 Å². The van der Waals surface area contributed by atoms with E-state index in [0.717, 1.165) is 47.5 Å². The zero-order chi connectivity index (χ0) is 20.4. The number of morpholine rings is 1. The van der Waals surface area contributed by atoms with E-state index in [1.165, 1.54) is 29.0 Å². The third-order valence-corrected chi connectivity index (χ3v) is 6.55. The van der Waals surface area contributed by atoms with Crippen LogP contribution < -0.4 is 5.32 Å². The predicted molar refractivity (Wildman–Crippen MR) is 115 cm³/mol. The summed E-state index contributed by atoms with van der Waals surface area (Å²) in [5.74, 6) is -0.395. The smallest absolute Gasteiger partial charge is 0.261 e. The molecule has 0 radical (unpaired) electrons. The van der Waals surface area contributed by atoms with Gasteiger partial charge >= 0.3 is 0 Å². The molecule has 1 aromatic heterocycles. The van der Waals surface area contributed by atoms with Crippen molar-refractivity contribution in [1.82, 2.24) is 10.2 Å². The zero-order valence-electron chi connectivity index (χ0n) is 16.7. The fourth-order valence-electron chi connectivity index (χ4n) is 3.80. The Morgan fingerprint density at radius 2 is 2.10 bits per heavy atom. The van der Waals surface area contributed by atoms with Gasteiger partial charge in [0.1, 0.15) is 5.82 Å². The Morgan fingerprint density at radius 3 is 2.93 bits per heavy atom. The van der Waals surface area contributed by atoms with Crippen LogP contribution in [0.5, 0.6) is 0 Å². The Balaban J connectivity index is 1.41. The summed E-state index contributed by atoms with van der Waals surface area (Å²) in [5.41, 5.74) is 3.14. The summed E-state index contributed by atoms with van der Waals surface area (Å²) in [6.45, 7) is 7.98. The first-order valence-electron chi connectivity index (χ1n) is 9.88. The maximum Gasteiger partial charge on any atom is 0.261 e. The quantitative estimate of drug-likeness (QED) is 0.671. The van der Waals surface area contributed by atoms with Crippen molar-refractivity contribution in [3.8, 4) is 0 Å². The number of carbonyl (C=O) groups excluding carboxylic acids is 1. The highest BCUT2D eigenvalue weighted by Gasteiger charge is 2.17. The number of benzene rings is 2. The number of nitrogens with zero attached hydrogens (tertiary/aromatic N) is 1. The van der Waals surface area contributed by atoms with Crippen molar-refractivity contribution in [3.63, 3.8) is 0 Å². The van der Waals surface area contributed by atoms with Crippen LogP contribution in [0, 0.1) is 12.7 Å². The van der Waals surface area contributed by atoms with E-state index in [9.17, 15) is 9.18 Å². The largest absolute Gasteiger partial charge is 0.376 e. The fraction of sp³-hybridized carbons (Fsp3) is 0.348. The Morgan fingerprint density at radius 1 is 1.28 bits per heavy atom. The molecular formula is C23H25FN2O2S. The van der Waals surface area contributed by atoms with Crippen molar-refractivity contribution in [2.75, 3.05) is 19.7 Å². The van der Waals surface area contributed by atoms with Crippen LogP contribution in [0.25, 0.3) is 10.1 Å². The van der Waals surface area contributed by atoms with Gasteiger partial charge in [-0.2, -0.15) is 0 Å². The maximum absolute atomic E-state index is 13.5. The van der Waals surface area contributed by atoms with E-state index < -0.39 is 0 Å². The molecule has 1 fully saturated rings. The van der Waals surface area contributed by atoms with Crippen molar-refractivity contribution in [2.45, 2.75) is 33.0 Å². The van der Waals surface area contributed by atoms with Gasteiger partial charge in [0.15, 0.2) is 0 Å². The van der Waals surface area contributed by atoms with Gasteiger partial charge in [0.05, 0.1) is 17.6 Å². The maximum atomic E-state index is 13.5. The lowest BCUT2D eigenvalue weighted by atomic mass is 10.1. The molecule has 0 aliphatic carbocycles. The summed E-state index contributed by atoms with van der Waals surface area (Å²) < 4.78 is 20.0. The highest BCUT2D eigenvalue weighted by atomic mass is 32.1. The molecule has 1 atom stereocenters. The third kappa shape index (κ3) is 4.66. The number of ether oxygens (including phenoxy) is 1. The second-order valence-corrected chi connectivity index (χ2v) is 8.67. The minimum atomic E-state index is -0.281. The Bertz CT molecular complexity index is 1030. The molecule has 6 heteroatoms. The Hall–Kier alpha value is -2.28. The summed E-state index contributed by atoms with van der Waals surface area (Å²) in [5, 5.41) is 3.82. The fourth-order valence-corrected chi connectivity index (χ4v) is 4.91. The van der Waals surface area contributed by atoms with E-state index in [4.69, 9.17) is 4.74 Å². The van der Waals surface area contributed by atoms with Crippen LogP contribution in [0.4, 0.5) is 4.39 Å². The first kappa shape index (κ1) is 20.0. The van der Waals surface area contributed by atoms with Crippen LogP contribution in [-0.2, 0) is 17.8 Å². The molecule has 0 spiro atoms. The minimum Gasteiger partial charge on any atom is -0.376 e. The number of thiophene rings is 1. The zero-order valence-corrected chi connectivity index (χ0v) is 17.5. The van der Waals surface area contributed by atoms with Gasteiger partial charge < -0.3 is 10.1 Å². The number of aryl methyl sites for hydroxylation is 1. The van der Waals surface area contributed by atoms with Gasteiger partial charge in [-0.05, 0) is 54.1 Å². The molecule has 4 rings (SSSR count). The topological polar surface area (TPSA) is 41.6 Å². The lowest BCUT2D eigenvalue weighted by Gasteiger charge is -2.31. The number of nitrogens with one attached hydrogen (secondary N) is 1. The van der Waals surface area contributed by atoms with Crippen LogP contribution in [-0.4, -0.2) is 36.6 Å². The predicted octanol–water partition coefficient (Wildman–Crippen LogP) is 4.50. The van der Waals surface area contributed by atoms with Crippen LogP contribution in [0.1, 0.15) is 33.3 Å². The van der Waals surface area contributed by atoms with Crippen LogP contribution in [0.3, 0.4) is 0 Å². The van der Waals surface area contributed by atoms with Crippen LogP contribution in [0.2, 0.25) is 0 Å². The number of rotatable bonds is 5. The number of carbonyl (C=O) groups is 1. The molecule has 1 unspecified atom stereocenters. The van der Waals surface area contributed by atoms with Crippen LogP contribution in [0.15, 0.2) is 42.5 Å². The molecule has 1 N–H and O–H groups in total. The second-order valence-electron chi connectivity index (χ2n) is 7.62. The molecule has 0 bridgehead atoms. The molecule has 1 saturated heterocycles. The summed E-state index contributed by atoms with van der Waals surface area (Å²) in [6, 6.07) is 13.0. The molecule has 1 aliphatic rings. The van der Waals surface area contributed by atoms with Crippen LogP contribution >= 0.6 is 11.3 Å². The van der Waals surface area contributed by atoms with Gasteiger partial charge in [-0.25, -0.2) is 4.39 Å². The Kier molecular flexibility index (Phi) is 5.94. The second kappa shape index (κ2) is 8.61. The van der Waals surface area contributed by atoms with Gasteiger partial charge in [0, 0.05) is 30.9 Å². The SMILES string of the molecule is Cc1c(C(=O)NCc2cccc(CN3CCOC(C)C3)c2)sc2ccc(F)cc12. The van der Waals surface area contributed by atoms with E-state index in [-0.39, 0.29) is 17.8 Å². The lowest BCUT2D eigenvalue weighted by Crippen LogP contribution is -2.40. The Labute approximate surface area is 174 Å². The molecule has 152 valence electrons. The molecule has 4 nitrogen and oxygen atoms in total.